The van der Waals surface area contributed by atoms with Gasteiger partial charge < -0.3 is 24.7 Å². The van der Waals surface area contributed by atoms with E-state index in [-0.39, 0.29) is 24.2 Å². The van der Waals surface area contributed by atoms with Crippen LogP contribution < -0.4 is 10.6 Å². The average Bonchev–Trinajstić information content (AvgIpc) is 3.88. The van der Waals surface area contributed by atoms with E-state index in [1.807, 2.05) is 41.0 Å². The van der Waals surface area contributed by atoms with Crippen molar-refractivity contribution < 1.29 is 23.1 Å². The van der Waals surface area contributed by atoms with Gasteiger partial charge in [-0.3, -0.25) is 19.6 Å². The zero-order chi connectivity index (χ0) is 34.0. The van der Waals surface area contributed by atoms with E-state index in [0.29, 0.717) is 55.8 Å². The number of anilines is 2. The molecule has 4 heterocycles. The average molecular weight is 664 g/mol. The number of aromatic nitrogens is 3. The highest BCUT2D eigenvalue weighted by atomic mass is 19.1. The Morgan fingerprint density at radius 3 is 2.55 bits per heavy atom. The number of methoxy groups -OCH3 is 1. The Labute approximate surface area is 283 Å². The van der Waals surface area contributed by atoms with E-state index >= 15 is 0 Å². The Hall–Kier alpha value is -5.33. The minimum absolute atomic E-state index is 0.0251. The van der Waals surface area contributed by atoms with Crippen molar-refractivity contribution in [1.29, 1.82) is 0 Å². The fourth-order valence-corrected chi connectivity index (χ4v) is 6.54. The van der Waals surface area contributed by atoms with Gasteiger partial charge in [0.1, 0.15) is 5.82 Å². The van der Waals surface area contributed by atoms with Crippen molar-refractivity contribution in [3.8, 4) is 22.7 Å². The van der Waals surface area contributed by atoms with Crippen molar-refractivity contribution in [2.75, 3.05) is 57.0 Å². The molecule has 252 valence electrons. The second-order valence-corrected chi connectivity index (χ2v) is 12.4. The summed E-state index contributed by atoms with van der Waals surface area (Å²) < 4.78 is 25.1. The summed E-state index contributed by atoms with van der Waals surface area (Å²) in [6.45, 7) is 4.99. The second-order valence-electron chi connectivity index (χ2n) is 12.4. The smallest absolute Gasteiger partial charge is 0.258 e. The summed E-state index contributed by atoms with van der Waals surface area (Å²) in [5, 5.41) is 14.3. The van der Waals surface area contributed by atoms with E-state index in [2.05, 4.69) is 44.0 Å². The molecule has 2 aliphatic heterocycles. The molecule has 3 N–H and O–H groups in total. The molecule has 0 spiro atoms. The Kier molecular flexibility index (Phi) is 8.98. The monoisotopic (exact) mass is 663 g/mol. The summed E-state index contributed by atoms with van der Waals surface area (Å²) in [6, 6.07) is 19.7. The summed E-state index contributed by atoms with van der Waals surface area (Å²) >= 11 is 0. The Morgan fingerprint density at radius 2 is 1.82 bits per heavy atom. The fourth-order valence-electron chi connectivity index (χ4n) is 6.54. The highest BCUT2D eigenvalue weighted by molar-refractivity contribution is 6.01. The molecule has 3 aromatic carbocycles. The third-order valence-corrected chi connectivity index (χ3v) is 9.33. The van der Waals surface area contributed by atoms with Crippen LogP contribution in [0.15, 0.2) is 83.4 Å². The lowest BCUT2D eigenvalue weighted by Crippen LogP contribution is -2.48. The Bertz CT molecular complexity index is 2000. The lowest BCUT2D eigenvalue weighted by Gasteiger charge is -2.30. The molecule has 0 saturated carbocycles. The highest BCUT2D eigenvalue weighted by Gasteiger charge is 2.45. The number of ether oxygens (including phenoxy) is 1. The minimum Gasteiger partial charge on any atom is -0.421 e. The first-order chi connectivity index (χ1) is 23.8. The SMILES string of the molecule is CCNc1cnc(-c2ccc(C3=CCN(C(=O)CN4CC[C@@](OC)(C(=O)Nc5ccc6[nH]nc(-c7ccc(F)cc7)c6c5)C4)CC3)cc2)o1. The molecular formula is C37H38FN7O4. The van der Waals surface area contributed by atoms with Gasteiger partial charge in [0.15, 0.2) is 5.60 Å². The summed E-state index contributed by atoms with van der Waals surface area (Å²) in [5.41, 5.74) is 4.94. The molecule has 7 rings (SSSR count). The maximum atomic E-state index is 13.6. The first-order valence-corrected chi connectivity index (χ1v) is 16.4. The number of fused-ring (bicyclic) bond motifs is 1. The molecule has 0 aliphatic carbocycles. The van der Waals surface area contributed by atoms with Crippen LogP contribution >= 0.6 is 0 Å². The van der Waals surface area contributed by atoms with E-state index in [4.69, 9.17) is 9.15 Å². The van der Waals surface area contributed by atoms with Crippen LogP contribution in [0.4, 0.5) is 16.0 Å². The normalized spacial score (nSPS) is 18.1. The molecule has 0 unspecified atom stereocenters. The first kappa shape index (κ1) is 32.2. The lowest BCUT2D eigenvalue weighted by molar-refractivity contribution is -0.138. The quantitative estimate of drug-likeness (QED) is 0.171. The Balaban J connectivity index is 0.947. The highest BCUT2D eigenvalue weighted by Crippen LogP contribution is 2.32. The van der Waals surface area contributed by atoms with Gasteiger partial charge >= 0.3 is 0 Å². The number of rotatable bonds is 10. The van der Waals surface area contributed by atoms with Crippen molar-refractivity contribution >= 4 is 39.9 Å². The van der Waals surface area contributed by atoms with Gasteiger partial charge in [-0.25, -0.2) is 9.37 Å². The van der Waals surface area contributed by atoms with Crippen LogP contribution in [-0.2, 0) is 14.3 Å². The van der Waals surface area contributed by atoms with Crippen molar-refractivity contribution in [2.45, 2.75) is 25.4 Å². The van der Waals surface area contributed by atoms with Gasteiger partial charge in [-0.1, -0.05) is 18.2 Å². The van der Waals surface area contributed by atoms with Crippen molar-refractivity contribution in [3.63, 3.8) is 0 Å². The summed E-state index contributed by atoms with van der Waals surface area (Å²) in [6.07, 6.45) is 5.01. The van der Waals surface area contributed by atoms with Gasteiger partial charge in [-0.2, -0.15) is 5.10 Å². The summed E-state index contributed by atoms with van der Waals surface area (Å²) in [4.78, 5) is 35.2. The number of hydrogen-bond acceptors (Lipinski definition) is 8. The molecule has 2 aromatic heterocycles. The maximum absolute atomic E-state index is 13.6. The zero-order valence-electron chi connectivity index (χ0n) is 27.5. The number of carbonyl (C=O) groups is 2. The van der Waals surface area contributed by atoms with Crippen molar-refractivity contribution in [3.05, 3.63) is 90.4 Å². The maximum Gasteiger partial charge on any atom is 0.258 e. The molecule has 1 atom stereocenters. The third-order valence-electron chi connectivity index (χ3n) is 9.33. The summed E-state index contributed by atoms with van der Waals surface area (Å²) in [7, 11) is 1.53. The van der Waals surface area contributed by atoms with E-state index < -0.39 is 5.60 Å². The third kappa shape index (κ3) is 6.70. The number of nitrogens with zero attached hydrogens (tertiary/aromatic N) is 4. The minimum atomic E-state index is -1.09. The van der Waals surface area contributed by atoms with Gasteiger partial charge in [-0.15, -0.1) is 0 Å². The van der Waals surface area contributed by atoms with Crippen LogP contribution in [0, 0.1) is 5.82 Å². The number of amides is 2. The van der Waals surface area contributed by atoms with E-state index in [9.17, 15) is 14.0 Å². The topological polar surface area (TPSA) is 129 Å². The van der Waals surface area contributed by atoms with Crippen LogP contribution in [0.3, 0.4) is 0 Å². The van der Waals surface area contributed by atoms with Gasteiger partial charge in [0, 0.05) is 62.0 Å². The van der Waals surface area contributed by atoms with Crippen LogP contribution in [-0.4, -0.2) is 88.8 Å². The number of carbonyl (C=O) groups excluding carboxylic acids is 2. The molecule has 2 aliphatic rings. The molecule has 5 aromatic rings. The molecule has 2 amide bonds. The second kappa shape index (κ2) is 13.7. The molecule has 0 radical (unpaired) electrons. The van der Waals surface area contributed by atoms with Gasteiger partial charge in [0.2, 0.25) is 17.7 Å². The molecule has 0 bridgehead atoms. The Morgan fingerprint density at radius 1 is 1.04 bits per heavy atom. The molecule has 49 heavy (non-hydrogen) atoms. The molecule has 1 fully saturated rings. The molecule has 11 nitrogen and oxygen atoms in total. The van der Waals surface area contributed by atoms with Gasteiger partial charge in [-0.05, 0) is 85.5 Å². The van der Waals surface area contributed by atoms with E-state index in [1.165, 1.54) is 24.8 Å². The molecule has 1 saturated heterocycles. The van der Waals surface area contributed by atoms with Crippen LogP contribution in [0.1, 0.15) is 25.3 Å². The first-order valence-electron chi connectivity index (χ1n) is 16.4. The number of halogens is 1. The van der Waals surface area contributed by atoms with Crippen LogP contribution in [0.25, 0.3) is 39.2 Å². The largest absolute Gasteiger partial charge is 0.421 e. The number of hydrogen-bond donors (Lipinski definition) is 3. The number of oxazole rings is 1. The summed E-state index contributed by atoms with van der Waals surface area (Å²) in [5.74, 6) is 0.651. The standard InChI is InChI=1S/C37H38FN7O4/c1-3-39-32-21-40-35(49-32)27-6-4-24(5-7-27)25-14-17-45(18-15-25)33(46)22-44-19-16-37(23-44,48-2)36(47)41-29-12-13-31-30(20-29)34(43-42-31)26-8-10-28(38)11-9-26/h4-14,20-21,39H,3,15-19,22-23H2,1-2H3,(H,41,47)(H,42,43)/t37-/m0/s1. The number of aromatic amines is 1. The van der Waals surface area contributed by atoms with Crippen LogP contribution in [0.2, 0.25) is 0 Å². The van der Waals surface area contributed by atoms with E-state index in [0.717, 1.165) is 40.6 Å². The predicted molar refractivity (Wildman–Crippen MR) is 186 cm³/mol. The number of benzene rings is 3. The number of nitrogens with one attached hydrogen (secondary N) is 3. The van der Waals surface area contributed by atoms with Gasteiger partial charge in [0.25, 0.3) is 5.91 Å². The molecule has 12 heteroatoms. The predicted octanol–water partition coefficient (Wildman–Crippen LogP) is 5.80. The van der Waals surface area contributed by atoms with Crippen molar-refractivity contribution in [2.24, 2.45) is 0 Å². The van der Waals surface area contributed by atoms with Crippen molar-refractivity contribution in [1.82, 2.24) is 25.0 Å². The van der Waals surface area contributed by atoms with Gasteiger partial charge in [0.05, 0.1) is 24.0 Å². The van der Waals surface area contributed by atoms with E-state index in [1.54, 1.807) is 24.4 Å². The zero-order valence-corrected chi connectivity index (χ0v) is 27.5. The fraction of sp³-hybridized carbons (Fsp3) is 0.297. The molecular weight excluding hydrogens is 625 g/mol. The lowest BCUT2D eigenvalue weighted by atomic mass is 9.98. The number of H-pyrrole nitrogens is 1. The van der Waals surface area contributed by atoms with Crippen LogP contribution in [0.5, 0.6) is 0 Å². The number of likely N-dealkylation sites (tertiary alicyclic amines) is 1.